The Morgan fingerprint density at radius 2 is 2.19 bits per heavy atom. The van der Waals surface area contributed by atoms with Crippen LogP contribution < -0.4 is 0 Å². The van der Waals surface area contributed by atoms with Gasteiger partial charge in [0.05, 0.1) is 10.9 Å². The first-order valence-electron chi connectivity index (χ1n) is 6.03. The van der Waals surface area contributed by atoms with Gasteiger partial charge in [-0.15, -0.1) is 0 Å². The Balaban J connectivity index is 2.38. The quantitative estimate of drug-likeness (QED) is 0.745. The van der Waals surface area contributed by atoms with Crippen LogP contribution in [0.5, 0.6) is 0 Å². The SMILES string of the molecule is CC(C)C(Br)C(=O)N(C)CC1CCCCO1. The van der Waals surface area contributed by atoms with Crippen LogP contribution in [0.2, 0.25) is 0 Å². The van der Waals surface area contributed by atoms with Gasteiger partial charge in [0.1, 0.15) is 0 Å². The van der Waals surface area contributed by atoms with E-state index in [0.717, 1.165) is 19.4 Å². The minimum absolute atomic E-state index is 0.0823. The van der Waals surface area contributed by atoms with E-state index in [9.17, 15) is 4.79 Å². The van der Waals surface area contributed by atoms with Crippen LogP contribution in [0.1, 0.15) is 33.1 Å². The Morgan fingerprint density at radius 1 is 1.50 bits per heavy atom. The van der Waals surface area contributed by atoms with Gasteiger partial charge in [0, 0.05) is 20.2 Å². The van der Waals surface area contributed by atoms with Crippen LogP contribution in [0.4, 0.5) is 0 Å². The van der Waals surface area contributed by atoms with E-state index < -0.39 is 0 Å². The molecule has 2 atom stereocenters. The standard InChI is InChI=1S/C12H22BrNO2/c1-9(2)11(13)12(15)14(3)8-10-6-4-5-7-16-10/h9-11H,4-8H2,1-3H3. The Labute approximate surface area is 107 Å². The highest BCUT2D eigenvalue weighted by Crippen LogP contribution is 2.17. The fourth-order valence-corrected chi connectivity index (χ4v) is 2.19. The summed E-state index contributed by atoms with van der Waals surface area (Å²) in [5, 5.41) is 0. The molecule has 0 aromatic rings. The maximum absolute atomic E-state index is 12.0. The zero-order chi connectivity index (χ0) is 12.1. The number of alkyl halides is 1. The lowest BCUT2D eigenvalue weighted by atomic mass is 10.1. The lowest BCUT2D eigenvalue weighted by Gasteiger charge is -2.29. The molecule has 94 valence electrons. The van der Waals surface area contributed by atoms with Gasteiger partial charge in [0.25, 0.3) is 0 Å². The molecule has 0 saturated carbocycles. The monoisotopic (exact) mass is 291 g/mol. The molecule has 3 nitrogen and oxygen atoms in total. The molecule has 0 aromatic carbocycles. The van der Waals surface area contributed by atoms with Gasteiger partial charge in [-0.25, -0.2) is 0 Å². The zero-order valence-electron chi connectivity index (χ0n) is 10.4. The third-order valence-corrected chi connectivity index (χ3v) is 4.40. The fraction of sp³-hybridized carbons (Fsp3) is 0.917. The summed E-state index contributed by atoms with van der Waals surface area (Å²) in [4.78, 5) is 13.7. The highest BCUT2D eigenvalue weighted by atomic mass is 79.9. The molecule has 4 heteroatoms. The van der Waals surface area contributed by atoms with Gasteiger partial charge < -0.3 is 9.64 Å². The van der Waals surface area contributed by atoms with E-state index in [-0.39, 0.29) is 16.8 Å². The molecule has 1 saturated heterocycles. The smallest absolute Gasteiger partial charge is 0.236 e. The minimum Gasteiger partial charge on any atom is -0.376 e. The molecular formula is C12H22BrNO2. The number of halogens is 1. The third-order valence-electron chi connectivity index (χ3n) is 2.95. The van der Waals surface area contributed by atoms with Gasteiger partial charge in [0.2, 0.25) is 5.91 Å². The summed E-state index contributed by atoms with van der Waals surface area (Å²) < 4.78 is 5.63. The molecule has 0 spiro atoms. The van der Waals surface area contributed by atoms with Gasteiger partial charge >= 0.3 is 0 Å². The molecule has 2 unspecified atom stereocenters. The topological polar surface area (TPSA) is 29.5 Å². The van der Waals surface area contributed by atoms with Gasteiger partial charge in [-0.2, -0.15) is 0 Å². The van der Waals surface area contributed by atoms with Crippen molar-refractivity contribution in [3.63, 3.8) is 0 Å². The number of ether oxygens (including phenoxy) is 1. The summed E-state index contributed by atoms with van der Waals surface area (Å²) in [6.07, 6.45) is 3.68. The van der Waals surface area contributed by atoms with E-state index in [2.05, 4.69) is 15.9 Å². The molecule has 1 aliphatic heterocycles. The van der Waals surface area contributed by atoms with Crippen molar-refractivity contribution in [3.8, 4) is 0 Å². The van der Waals surface area contributed by atoms with Crippen LogP contribution in [0, 0.1) is 5.92 Å². The van der Waals surface area contributed by atoms with Crippen LogP contribution in [-0.2, 0) is 9.53 Å². The Bertz CT molecular complexity index is 227. The minimum atomic E-state index is -0.0823. The second-order valence-corrected chi connectivity index (χ2v) is 5.84. The summed E-state index contributed by atoms with van der Waals surface area (Å²) in [7, 11) is 1.86. The third kappa shape index (κ3) is 4.06. The van der Waals surface area contributed by atoms with Crippen LogP contribution in [0.3, 0.4) is 0 Å². The molecule has 1 heterocycles. The summed E-state index contributed by atoms with van der Waals surface area (Å²) in [5.74, 6) is 0.478. The number of carbonyl (C=O) groups excluding carboxylic acids is 1. The number of carbonyl (C=O) groups is 1. The lowest BCUT2D eigenvalue weighted by molar-refractivity contribution is -0.132. The van der Waals surface area contributed by atoms with Crippen molar-refractivity contribution in [2.24, 2.45) is 5.92 Å². The Hall–Kier alpha value is -0.0900. The van der Waals surface area contributed by atoms with E-state index in [1.807, 2.05) is 20.9 Å². The first-order chi connectivity index (χ1) is 7.52. The second kappa shape index (κ2) is 6.60. The maximum atomic E-state index is 12.0. The first-order valence-corrected chi connectivity index (χ1v) is 6.94. The number of hydrogen-bond acceptors (Lipinski definition) is 2. The molecule has 16 heavy (non-hydrogen) atoms. The maximum Gasteiger partial charge on any atom is 0.236 e. The molecule has 0 bridgehead atoms. The fourth-order valence-electron chi connectivity index (χ4n) is 1.84. The van der Waals surface area contributed by atoms with E-state index in [4.69, 9.17) is 4.74 Å². The number of rotatable bonds is 4. The second-order valence-electron chi connectivity index (χ2n) is 4.85. The van der Waals surface area contributed by atoms with Crippen molar-refractivity contribution in [2.75, 3.05) is 20.2 Å². The highest BCUT2D eigenvalue weighted by molar-refractivity contribution is 9.10. The van der Waals surface area contributed by atoms with E-state index >= 15 is 0 Å². The first kappa shape index (κ1) is 14.0. The van der Waals surface area contributed by atoms with Crippen LogP contribution in [0.15, 0.2) is 0 Å². The number of hydrogen-bond donors (Lipinski definition) is 0. The number of amides is 1. The zero-order valence-corrected chi connectivity index (χ0v) is 12.0. The van der Waals surface area contributed by atoms with Gasteiger partial charge in [0.15, 0.2) is 0 Å². The predicted octanol–water partition coefficient (Wildman–Crippen LogP) is 2.43. The van der Waals surface area contributed by atoms with Crippen LogP contribution >= 0.6 is 15.9 Å². The van der Waals surface area contributed by atoms with Gasteiger partial charge in [-0.1, -0.05) is 29.8 Å². The average Bonchev–Trinajstić information content (AvgIpc) is 2.28. The molecule has 0 radical (unpaired) electrons. The molecule has 1 rings (SSSR count). The number of nitrogens with zero attached hydrogens (tertiary/aromatic N) is 1. The van der Waals surface area contributed by atoms with E-state index in [1.165, 1.54) is 6.42 Å². The van der Waals surface area contributed by atoms with E-state index in [1.54, 1.807) is 4.90 Å². The van der Waals surface area contributed by atoms with Crippen molar-refractivity contribution in [3.05, 3.63) is 0 Å². The highest BCUT2D eigenvalue weighted by Gasteiger charge is 2.25. The molecule has 1 amide bonds. The van der Waals surface area contributed by atoms with Crippen molar-refractivity contribution in [1.29, 1.82) is 0 Å². The van der Waals surface area contributed by atoms with Crippen molar-refractivity contribution in [2.45, 2.75) is 44.0 Å². The van der Waals surface area contributed by atoms with Crippen LogP contribution in [-0.4, -0.2) is 41.9 Å². The molecule has 0 aromatic heterocycles. The summed E-state index contributed by atoms with van der Waals surface area (Å²) in [6, 6.07) is 0. The molecule has 1 aliphatic rings. The largest absolute Gasteiger partial charge is 0.376 e. The molecular weight excluding hydrogens is 270 g/mol. The predicted molar refractivity (Wildman–Crippen MR) is 68.8 cm³/mol. The summed E-state index contributed by atoms with van der Waals surface area (Å²) in [6.45, 7) is 5.65. The lowest BCUT2D eigenvalue weighted by Crippen LogP contribution is -2.41. The van der Waals surface area contributed by atoms with E-state index in [0.29, 0.717) is 12.5 Å². The Kier molecular flexibility index (Phi) is 5.76. The summed E-state index contributed by atoms with van der Waals surface area (Å²) in [5.41, 5.74) is 0. The molecule has 1 fully saturated rings. The molecule has 0 aliphatic carbocycles. The summed E-state index contributed by atoms with van der Waals surface area (Å²) >= 11 is 3.44. The Morgan fingerprint density at radius 3 is 2.69 bits per heavy atom. The van der Waals surface area contributed by atoms with Gasteiger partial charge in [-0.05, 0) is 25.2 Å². The van der Waals surface area contributed by atoms with Crippen molar-refractivity contribution >= 4 is 21.8 Å². The van der Waals surface area contributed by atoms with Crippen molar-refractivity contribution < 1.29 is 9.53 Å². The van der Waals surface area contributed by atoms with Crippen molar-refractivity contribution in [1.82, 2.24) is 4.90 Å². The van der Waals surface area contributed by atoms with Gasteiger partial charge in [-0.3, -0.25) is 4.79 Å². The molecule has 0 N–H and O–H groups in total. The average molecular weight is 292 g/mol. The number of likely N-dealkylation sites (N-methyl/N-ethyl adjacent to an activating group) is 1. The van der Waals surface area contributed by atoms with Crippen LogP contribution in [0.25, 0.3) is 0 Å². The normalized spacial score (nSPS) is 23.2.